The molecule has 0 aromatic heterocycles. The van der Waals surface area contributed by atoms with Crippen LogP contribution in [-0.2, 0) is 10.2 Å². The highest BCUT2D eigenvalue weighted by molar-refractivity contribution is 5.26. The van der Waals surface area contributed by atoms with Crippen LogP contribution in [0.25, 0.3) is 0 Å². The number of hydrogen-bond acceptors (Lipinski definition) is 3. The van der Waals surface area contributed by atoms with Crippen LogP contribution in [0.5, 0.6) is 0 Å². The van der Waals surface area contributed by atoms with Crippen LogP contribution in [0, 0.1) is 5.92 Å². The standard InChI is InChI=1S/C18H28N2O/c1-17(2,15-7-4-3-5-8-15)16(20-19)14-9-12-21-18(13-14)10-6-11-18/h3-5,7-8,14,16,20H,6,9-13,19H2,1-2H3. The average molecular weight is 288 g/mol. The monoisotopic (exact) mass is 288 g/mol. The van der Waals surface area contributed by atoms with Crippen LogP contribution in [0.1, 0.15) is 51.5 Å². The van der Waals surface area contributed by atoms with Gasteiger partial charge in [-0.1, -0.05) is 44.2 Å². The number of nitrogens with one attached hydrogen (secondary N) is 1. The maximum absolute atomic E-state index is 6.08. The zero-order valence-electron chi connectivity index (χ0n) is 13.3. The topological polar surface area (TPSA) is 47.3 Å². The Hall–Kier alpha value is -0.900. The summed E-state index contributed by atoms with van der Waals surface area (Å²) in [5, 5.41) is 0. The smallest absolute Gasteiger partial charge is 0.0685 e. The summed E-state index contributed by atoms with van der Waals surface area (Å²) in [7, 11) is 0. The van der Waals surface area contributed by atoms with Crippen LogP contribution < -0.4 is 11.3 Å². The van der Waals surface area contributed by atoms with Crippen molar-refractivity contribution in [1.82, 2.24) is 5.43 Å². The lowest BCUT2D eigenvalue weighted by atomic mass is 9.65. The van der Waals surface area contributed by atoms with Crippen molar-refractivity contribution in [3.63, 3.8) is 0 Å². The van der Waals surface area contributed by atoms with Crippen LogP contribution >= 0.6 is 0 Å². The number of hydrogen-bond donors (Lipinski definition) is 2. The van der Waals surface area contributed by atoms with Crippen molar-refractivity contribution >= 4 is 0 Å². The fourth-order valence-electron chi connectivity index (χ4n) is 4.25. The van der Waals surface area contributed by atoms with Gasteiger partial charge in [-0.05, 0) is 43.6 Å². The van der Waals surface area contributed by atoms with E-state index in [0.29, 0.717) is 5.92 Å². The Bertz CT molecular complexity index is 467. The third kappa shape index (κ3) is 2.75. The third-order valence-corrected chi connectivity index (χ3v) is 5.74. The summed E-state index contributed by atoms with van der Waals surface area (Å²) in [6.45, 7) is 5.49. The Morgan fingerprint density at radius 2 is 2.00 bits per heavy atom. The highest BCUT2D eigenvalue weighted by Crippen LogP contribution is 2.47. The summed E-state index contributed by atoms with van der Waals surface area (Å²) in [5.74, 6) is 6.57. The molecule has 0 radical (unpaired) electrons. The van der Waals surface area contributed by atoms with Gasteiger partial charge in [0, 0.05) is 18.1 Å². The first-order chi connectivity index (χ1) is 10.1. The molecule has 3 heteroatoms. The molecular formula is C18H28N2O. The Labute approximate surface area is 128 Å². The van der Waals surface area contributed by atoms with E-state index in [2.05, 4.69) is 49.6 Å². The minimum absolute atomic E-state index is 0.0168. The zero-order valence-corrected chi connectivity index (χ0v) is 13.3. The average Bonchev–Trinajstić information content (AvgIpc) is 2.47. The number of nitrogens with two attached hydrogens (primary N) is 1. The van der Waals surface area contributed by atoms with Gasteiger partial charge in [-0.25, -0.2) is 0 Å². The van der Waals surface area contributed by atoms with Crippen molar-refractivity contribution in [1.29, 1.82) is 0 Å². The van der Waals surface area contributed by atoms with Gasteiger partial charge in [0.2, 0.25) is 0 Å². The van der Waals surface area contributed by atoms with Crippen molar-refractivity contribution in [2.45, 2.75) is 63.0 Å². The second-order valence-electron chi connectivity index (χ2n) is 7.37. The lowest BCUT2D eigenvalue weighted by molar-refractivity contribution is -0.149. The second kappa shape index (κ2) is 5.71. The first-order valence-electron chi connectivity index (χ1n) is 8.23. The van der Waals surface area contributed by atoms with Crippen LogP contribution in [-0.4, -0.2) is 18.2 Å². The fraction of sp³-hybridized carbons (Fsp3) is 0.667. The first kappa shape index (κ1) is 15.0. The van der Waals surface area contributed by atoms with Crippen molar-refractivity contribution in [3.05, 3.63) is 35.9 Å². The third-order valence-electron chi connectivity index (χ3n) is 5.74. The molecule has 1 aliphatic carbocycles. The van der Waals surface area contributed by atoms with Crippen LogP contribution in [0.3, 0.4) is 0 Å². The summed E-state index contributed by atoms with van der Waals surface area (Å²) in [6, 6.07) is 11.0. The number of rotatable bonds is 4. The largest absolute Gasteiger partial charge is 0.375 e. The maximum atomic E-state index is 6.08. The van der Waals surface area contributed by atoms with Gasteiger partial charge in [-0.3, -0.25) is 11.3 Å². The molecule has 1 aromatic carbocycles. The molecule has 1 spiro atoms. The summed E-state index contributed by atoms with van der Waals surface area (Å²) in [5.41, 5.74) is 4.68. The van der Waals surface area contributed by atoms with Crippen LogP contribution in [0.4, 0.5) is 0 Å². The van der Waals surface area contributed by atoms with Gasteiger partial charge in [-0.2, -0.15) is 0 Å². The van der Waals surface area contributed by atoms with E-state index in [1.807, 2.05) is 0 Å². The Morgan fingerprint density at radius 3 is 2.57 bits per heavy atom. The number of hydrazine groups is 1. The van der Waals surface area contributed by atoms with Crippen molar-refractivity contribution in [3.8, 4) is 0 Å². The number of benzene rings is 1. The fourth-order valence-corrected chi connectivity index (χ4v) is 4.25. The van der Waals surface area contributed by atoms with Gasteiger partial charge in [0.1, 0.15) is 0 Å². The van der Waals surface area contributed by atoms with Crippen LogP contribution in [0.15, 0.2) is 30.3 Å². The van der Waals surface area contributed by atoms with E-state index in [-0.39, 0.29) is 17.1 Å². The molecule has 2 atom stereocenters. The van der Waals surface area contributed by atoms with E-state index in [1.165, 1.54) is 24.8 Å². The molecular weight excluding hydrogens is 260 g/mol. The van der Waals surface area contributed by atoms with Gasteiger partial charge < -0.3 is 4.74 Å². The molecule has 1 aliphatic heterocycles. The molecule has 1 saturated carbocycles. The van der Waals surface area contributed by atoms with Crippen molar-refractivity contribution in [2.24, 2.45) is 11.8 Å². The van der Waals surface area contributed by atoms with Gasteiger partial charge in [0.05, 0.1) is 5.60 Å². The van der Waals surface area contributed by atoms with E-state index < -0.39 is 0 Å². The summed E-state index contributed by atoms with van der Waals surface area (Å²) in [4.78, 5) is 0. The molecule has 1 saturated heterocycles. The highest BCUT2D eigenvalue weighted by Gasteiger charge is 2.47. The van der Waals surface area contributed by atoms with Gasteiger partial charge in [0.25, 0.3) is 0 Å². The molecule has 0 amide bonds. The SMILES string of the molecule is CC(C)(c1ccccc1)C(NN)C1CCOC2(CCC2)C1. The number of ether oxygens (including phenoxy) is 1. The first-order valence-corrected chi connectivity index (χ1v) is 8.23. The Morgan fingerprint density at radius 1 is 1.29 bits per heavy atom. The lowest BCUT2D eigenvalue weighted by Crippen LogP contribution is -2.57. The van der Waals surface area contributed by atoms with Crippen LogP contribution in [0.2, 0.25) is 0 Å². The minimum Gasteiger partial charge on any atom is -0.375 e. The van der Waals surface area contributed by atoms with E-state index >= 15 is 0 Å². The Balaban J connectivity index is 1.80. The second-order valence-corrected chi connectivity index (χ2v) is 7.37. The highest BCUT2D eigenvalue weighted by atomic mass is 16.5. The van der Waals surface area contributed by atoms with Gasteiger partial charge in [-0.15, -0.1) is 0 Å². The zero-order chi connectivity index (χ0) is 14.9. The summed E-state index contributed by atoms with van der Waals surface area (Å²) >= 11 is 0. The molecule has 1 aromatic rings. The molecule has 2 fully saturated rings. The normalized spacial score (nSPS) is 26.3. The van der Waals surface area contributed by atoms with E-state index in [4.69, 9.17) is 10.6 Å². The molecule has 0 bridgehead atoms. The van der Waals surface area contributed by atoms with Gasteiger partial charge in [0.15, 0.2) is 0 Å². The summed E-state index contributed by atoms with van der Waals surface area (Å²) in [6.07, 6.45) is 6.03. The van der Waals surface area contributed by atoms with E-state index in [1.54, 1.807) is 0 Å². The molecule has 2 unspecified atom stereocenters. The summed E-state index contributed by atoms with van der Waals surface area (Å²) < 4.78 is 6.08. The van der Waals surface area contributed by atoms with Gasteiger partial charge >= 0.3 is 0 Å². The molecule has 3 N–H and O–H groups in total. The molecule has 3 rings (SSSR count). The predicted molar refractivity (Wildman–Crippen MR) is 85.8 cm³/mol. The predicted octanol–water partition coefficient (Wildman–Crippen LogP) is 3.15. The molecule has 21 heavy (non-hydrogen) atoms. The Kier molecular flexibility index (Phi) is 4.08. The lowest BCUT2D eigenvalue weighted by Gasteiger charge is -2.51. The molecule has 1 heterocycles. The van der Waals surface area contributed by atoms with Crippen molar-refractivity contribution < 1.29 is 4.74 Å². The van der Waals surface area contributed by atoms with Crippen molar-refractivity contribution in [2.75, 3.05) is 6.61 Å². The maximum Gasteiger partial charge on any atom is 0.0685 e. The minimum atomic E-state index is 0.0168. The van der Waals surface area contributed by atoms with E-state index in [9.17, 15) is 0 Å². The molecule has 2 aliphatic rings. The van der Waals surface area contributed by atoms with E-state index in [0.717, 1.165) is 19.4 Å². The molecule has 3 nitrogen and oxygen atoms in total. The quantitative estimate of drug-likeness (QED) is 0.661. The molecule has 116 valence electrons.